The number of hydrogen-bond donors (Lipinski definition) is 1. The second-order valence-corrected chi connectivity index (χ2v) is 5.64. The fourth-order valence-corrected chi connectivity index (χ4v) is 2.54. The second kappa shape index (κ2) is 6.32. The van der Waals surface area contributed by atoms with Crippen molar-refractivity contribution >= 4 is 17.3 Å². The van der Waals surface area contributed by atoms with Crippen LogP contribution in [0.5, 0.6) is 0 Å². The summed E-state index contributed by atoms with van der Waals surface area (Å²) in [6.07, 6.45) is 2.99. The van der Waals surface area contributed by atoms with Crippen LogP contribution in [0.15, 0.2) is 46.5 Å². The largest absolute Gasteiger partial charge is 0.379 e. The molecule has 0 saturated heterocycles. The molecule has 124 valence electrons. The molecule has 0 aliphatic rings. The predicted octanol–water partition coefficient (Wildman–Crippen LogP) is 0.930. The van der Waals surface area contributed by atoms with Gasteiger partial charge in [0.15, 0.2) is 0 Å². The van der Waals surface area contributed by atoms with Gasteiger partial charge >= 0.3 is 5.69 Å². The Bertz CT molecular complexity index is 990. The van der Waals surface area contributed by atoms with Crippen LogP contribution < -0.4 is 16.6 Å². The fraction of sp³-hybridized carbons (Fsp3) is 0.200. The van der Waals surface area contributed by atoms with Crippen LogP contribution in [-0.4, -0.2) is 23.9 Å². The van der Waals surface area contributed by atoms with Crippen molar-refractivity contribution in [3.8, 4) is 5.69 Å². The van der Waals surface area contributed by atoms with Gasteiger partial charge in [0.2, 0.25) is 0 Å². The third kappa shape index (κ3) is 2.95. The summed E-state index contributed by atoms with van der Waals surface area (Å²) in [5, 5.41) is 7.69. The van der Waals surface area contributed by atoms with Gasteiger partial charge in [-0.15, -0.1) is 0 Å². The molecule has 0 fully saturated rings. The Labute approximate surface area is 142 Å². The smallest absolute Gasteiger partial charge is 0.330 e. The van der Waals surface area contributed by atoms with Crippen molar-refractivity contribution in [2.24, 2.45) is 14.1 Å². The van der Waals surface area contributed by atoms with Crippen LogP contribution in [-0.2, 0) is 20.6 Å². The molecule has 0 saturated carbocycles. The third-order valence-corrected chi connectivity index (χ3v) is 4.01. The lowest BCUT2D eigenvalue weighted by atomic mass is 10.2. The molecule has 2 heterocycles. The van der Waals surface area contributed by atoms with E-state index < -0.39 is 0 Å². The zero-order valence-corrected chi connectivity index (χ0v) is 13.9. The first-order chi connectivity index (χ1) is 11.5. The maximum atomic E-state index is 11.9. The van der Waals surface area contributed by atoms with Crippen LogP contribution in [0.4, 0.5) is 5.69 Å². The molecule has 1 aromatic carbocycles. The van der Waals surface area contributed by atoms with Gasteiger partial charge < -0.3 is 5.32 Å². The van der Waals surface area contributed by atoms with Crippen molar-refractivity contribution in [1.29, 1.82) is 0 Å². The van der Waals surface area contributed by atoms with E-state index in [0.717, 1.165) is 10.3 Å². The molecule has 0 radical (unpaired) electrons. The highest BCUT2D eigenvalue weighted by Crippen LogP contribution is 2.23. The van der Waals surface area contributed by atoms with E-state index in [1.54, 1.807) is 24.1 Å². The van der Waals surface area contributed by atoms with Crippen LogP contribution in [0.1, 0.15) is 5.69 Å². The van der Waals surface area contributed by atoms with Crippen molar-refractivity contribution in [3.05, 3.63) is 68.5 Å². The summed E-state index contributed by atoms with van der Waals surface area (Å²) in [4.78, 5) is 27.5. The van der Waals surface area contributed by atoms with E-state index in [4.69, 9.17) is 11.6 Å². The van der Waals surface area contributed by atoms with Gasteiger partial charge in [0, 0.05) is 31.5 Å². The van der Waals surface area contributed by atoms with E-state index in [9.17, 15) is 9.59 Å². The first-order valence-electron chi connectivity index (χ1n) is 7.11. The van der Waals surface area contributed by atoms with Gasteiger partial charge in [-0.25, -0.2) is 14.5 Å². The predicted molar refractivity (Wildman–Crippen MR) is 90.6 cm³/mol. The Hall–Kier alpha value is -2.87. The average molecular weight is 347 g/mol. The summed E-state index contributed by atoms with van der Waals surface area (Å²) in [5.41, 5.74) is 1.35. The van der Waals surface area contributed by atoms with Gasteiger partial charge in [-0.2, -0.15) is 5.10 Å². The minimum Gasteiger partial charge on any atom is -0.379 e. The van der Waals surface area contributed by atoms with Gasteiger partial charge in [-0.05, 0) is 18.2 Å². The molecule has 8 nitrogen and oxygen atoms in total. The van der Waals surface area contributed by atoms with Crippen LogP contribution in [0, 0.1) is 0 Å². The van der Waals surface area contributed by atoms with E-state index in [1.165, 1.54) is 24.0 Å². The second-order valence-electron chi connectivity index (χ2n) is 5.23. The van der Waals surface area contributed by atoms with Crippen molar-refractivity contribution in [2.75, 3.05) is 5.32 Å². The van der Waals surface area contributed by atoms with Gasteiger partial charge in [0.1, 0.15) is 12.7 Å². The maximum Gasteiger partial charge on any atom is 0.330 e. The molecule has 0 bridgehead atoms. The number of nitrogens with zero attached hydrogens (tertiary/aromatic N) is 5. The molecule has 2 aromatic heterocycles. The Balaban J connectivity index is 1.82. The highest BCUT2D eigenvalue weighted by molar-refractivity contribution is 6.32. The molecule has 1 N–H and O–H groups in total. The molecule has 0 amide bonds. The Morgan fingerprint density at radius 1 is 1.17 bits per heavy atom. The topological polar surface area (TPSA) is 86.7 Å². The summed E-state index contributed by atoms with van der Waals surface area (Å²) in [6.45, 7) is 0.320. The maximum absolute atomic E-state index is 11.9. The summed E-state index contributed by atoms with van der Waals surface area (Å²) in [6, 6.07) is 6.82. The van der Waals surface area contributed by atoms with Crippen LogP contribution >= 0.6 is 11.6 Å². The zero-order valence-electron chi connectivity index (χ0n) is 13.1. The zero-order chi connectivity index (χ0) is 17.3. The van der Waals surface area contributed by atoms with E-state index in [1.807, 2.05) is 12.1 Å². The van der Waals surface area contributed by atoms with E-state index in [-0.39, 0.29) is 11.2 Å². The van der Waals surface area contributed by atoms with Crippen molar-refractivity contribution in [2.45, 2.75) is 6.54 Å². The van der Waals surface area contributed by atoms with Crippen molar-refractivity contribution in [3.63, 3.8) is 0 Å². The summed E-state index contributed by atoms with van der Waals surface area (Å²) in [5.74, 6) is 0. The standard InChI is InChI=1S/C15H15ClN6O2/c1-20-11(6-14(23)21(2)15(20)24)7-18-10-3-4-13(12(16)5-10)22-9-17-8-19-22/h3-6,8-9,18H,7H2,1-2H3. The SMILES string of the molecule is Cn1c(CNc2ccc(-n3cncn3)c(Cl)c2)cc(=O)n(C)c1=O. The number of hydrogen-bond acceptors (Lipinski definition) is 5. The molecule has 3 rings (SSSR count). The monoisotopic (exact) mass is 346 g/mol. The van der Waals surface area contributed by atoms with Crippen LogP contribution in [0.2, 0.25) is 5.02 Å². The normalized spacial score (nSPS) is 10.8. The molecule has 9 heteroatoms. The van der Waals surface area contributed by atoms with Crippen molar-refractivity contribution < 1.29 is 0 Å². The molecule has 24 heavy (non-hydrogen) atoms. The third-order valence-electron chi connectivity index (χ3n) is 3.71. The minimum absolute atomic E-state index is 0.320. The Morgan fingerprint density at radius 3 is 2.62 bits per heavy atom. The first-order valence-corrected chi connectivity index (χ1v) is 7.49. The number of anilines is 1. The quantitative estimate of drug-likeness (QED) is 0.759. The van der Waals surface area contributed by atoms with Gasteiger partial charge in [-0.1, -0.05) is 11.6 Å². The number of halogens is 1. The van der Waals surface area contributed by atoms with Gasteiger partial charge in [0.05, 0.1) is 17.3 Å². The highest BCUT2D eigenvalue weighted by Gasteiger charge is 2.08. The highest BCUT2D eigenvalue weighted by atomic mass is 35.5. The summed E-state index contributed by atoms with van der Waals surface area (Å²) < 4.78 is 4.06. The average Bonchev–Trinajstić information content (AvgIpc) is 3.09. The van der Waals surface area contributed by atoms with Gasteiger partial charge in [0.25, 0.3) is 5.56 Å². The molecule has 0 atom stereocenters. The number of aromatic nitrogens is 5. The molecule has 3 aromatic rings. The van der Waals surface area contributed by atoms with Crippen LogP contribution in [0.25, 0.3) is 5.69 Å². The summed E-state index contributed by atoms with van der Waals surface area (Å²) in [7, 11) is 3.07. The molecule has 0 aliphatic carbocycles. The number of nitrogens with one attached hydrogen (secondary N) is 1. The van der Waals surface area contributed by atoms with Crippen molar-refractivity contribution in [1.82, 2.24) is 23.9 Å². The molecular formula is C15H15ClN6O2. The Kier molecular flexibility index (Phi) is 4.22. The molecule has 0 aliphatic heterocycles. The fourth-order valence-electron chi connectivity index (χ4n) is 2.28. The lowest BCUT2D eigenvalue weighted by molar-refractivity contribution is 0.655. The summed E-state index contributed by atoms with van der Waals surface area (Å²) >= 11 is 6.27. The van der Waals surface area contributed by atoms with Gasteiger partial charge in [-0.3, -0.25) is 13.9 Å². The number of benzene rings is 1. The lowest BCUT2D eigenvalue weighted by Gasteiger charge is -2.12. The minimum atomic E-state index is -0.362. The van der Waals surface area contributed by atoms with Crippen LogP contribution in [0.3, 0.4) is 0 Å². The lowest BCUT2D eigenvalue weighted by Crippen LogP contribution is -2.38. The van der Waals surface area contributed by atoms with E-state index >= 15 is 0 Å². The van der Waals surface area contributed by atoms with E-state index in [2.05, 4.69) is 15.4 Å². The van der Waals surface area contributed by atoms with E-state index in [0.29, 0.717) is 22.9 Å². The number of rotatable bonds is 4. The molecule has 0 spiro atoms. The molecular weight excluding hydrogens is 332 g/mol. The Morgan fingerprint density at radius 2 is 1.96 bits per heavy atom. The molecule has 0 unspecified atom stereocenters. The first kappa shape index (κ1) is 16.0.